The van der Waals surface area contributed by atoms with E-state index < -0.39 is 7.81 Å². The third kappa shape index (κ3) is 19.2. The molecule has 0 atom stereocenters. The Morgan fingerprint density at radius 2 is 1.23 bits per heavy atom. The number of hydrogen-bond acceptors (Lipinski definition) is 0. The predicted molar refractivity (Wildman–Crippen MR) is 76.1 cm³/mol. The monoisotopic (exact) mass is 386 g/mol. The van der Waals surface area contributed by atoms with Gasteiger partial charge in [-0.15, -0.1) is 0 Å². The van der Waals surface area contributed by atoms with Crippen molar-refractivity contribution < 1.29 is 41.2 Å². The molecule has 0 spiro atoms. The Bertz CT molecular complexity index is 481. The molecule has 0 N–H and O–H groups in total. The van der Waals surface area contributed by atoms with Crippen LogP contribution in [0.15, 0.2) is 54.6 Å². The Balaban J connectivity index is 0.000000308. The van der Waals surface area contributed by atoms with Crippen LogP contribution in [-0.2, 0) is 16.0 Å². The van der Waals surface area contributed by atoms with Crippen LogP contribution < -0.4 is 0 Å². The molecule has 0 radical (unpaired) electrons. The summed E-state index contributed by atoms with van der Waals surface area (Å²) in [6.07, 6.45) is 8.13. The predicted octanol–water partition coefficient (Wildman–Crippen LogP) is 7.64. The molecule has 2 rings (SSSR count). The van der Waals surface area contributed by atoms with Crippen molar-refractivity contribution in [2.24, 2.45) is 0 Å². The van der Waals surface area contributed by atoms with E-state index in [9.17, 15) is 25.2 Å². The zero-order chi connectivity index (χ0) is 17.5. The maximum atomic E-state index is 9.87. The van der Waals surface area contributed by atoms with Gasteiger partial charge in [-0.05, 0) is 11.5 Å². The second-order valence-electron chi connectivity index (χ2n) is 4.72. The van der Waals surface area contributed by atoms with Crippen molar-refractivity contribution >= 4 is 7.81 Å². The summed E-state index contributed by atoms with van der Waals surface area (Å²) in [5, 5.41) is 0. The van der Waals surface area contributed by atoms with E-state index in [-0.39, 0.29) is 0 Å². The van der Waals surface area contributed by atoms with Crippen molar-refractivity contribution in [3.63, 3.8) is 0 Å². The van der Waals surface area contributed by atoms with Gasteiger partial charge in [0.2, 0.25) is 0 Å². The summed E-state index contributed by atoms with van der Waals surface area (Å²) >= 11 is 3.76. The summed E-state index contributed by atoms with van der Waals surface area (Å²) in [6, 6.07) is 10.5. The van der Waals surface area contributed by atoms with Gasteiger partial charge in [0, 0.05) is 0 Å². The third-order valence-electron chi connectivity index (χ3n) is 2.16. The number of hydrogen-bond donors (Lipinski definition) is 0. The Morgan fingerprint density at radius 1 is 0.864 bits per heavy atom. The molecule has 0 heterocycles. The average molecular weight is 386 g/mol. The van der Waals surface area contributed by atoms with Gasteiger partial charge < -0.3 is 0 Å². The van der Waals surface area contributed by atoms with E-state index >= 15 is 0 Å². The first-order chi connectivity index (χ1) is 9.65. The minimum atomic E-state index is -10.7. The second kappa shape index (κ2) is 7.20. The molecule has 0 bridgehead atoms. The minimum absolute atomic E-state index is 0.435. The van der Waals surface area contributed by atoms with E-state index in [1.54, 1.807) is 0 Å². The van der Waals surface area contributed by atoms with Gasteiger partial charge in [0.05, 0.1) is 0 Å². The van der Waals surface area contributed by atoms with E-state index in [1.807, 2.05) is 18.2 Å². The number of halogens is 6. The van der Waals surface area contributed by atoms with E-state index in [4.69, 9.17) is 0 Å². The van der Waals surface area contributed by atoms with Crippen LogP contribution in [0.2, 0.25) is 4.82 Å². The normalized spacial score (nSPS) is 17.0. The summed E-state index contributed by atoms with van der Waals surface area (Å²) in [5.41, 5.74) is 1.41. The van der Waals surface area contributed by atoms with Gasteiger partial charge in [-0.25, -0.2) is 0 Å². The SMILES string of the molecule is CC(C)c1ccccc1.F[P-](F)(F)(F)(F)F.[Fe+][CH]1C=CC=C1. The van der Waals surface area contributed by atoms with Crippen LogP contribution in [-0.4, -0.2) is 0 Å². The van der Waals surface area contributed by atoms with Crippen molar-refractivity contribution in [1.29, 1.82) is 0 Å². The van der Waals surface area contributed by atoms with E-state index in [0.29, 0.717) is 10.7 Å². The first-order valence-corrected chi connectivity index (χ1v) is 8.90. The Morgan fingerprint density at radius 3 is 1.41 bits per heavy atom. The van der Waals surface area contributed by atoms with Gasteiger partial charge in [0.25, 0.3) is 0 Å². The molecular weight excluding hydrogens is 369 g/mol. The molecule has 0 saturated carbocycles. The summed E-state index contributed by atoms with van der Waals surface area (Å²) < 4.78 is 59.2. The van der Waals surface area contributed by atoms with Gasteiger partial charge in [-0.3, -0.25) is 0 Å². The summed E-state index contributed by atoms with van der Waals surface area (Å²) in [5.74, 6) is 0.659. The fourth-order valence-electron chi connectivity index (χ4n) is 1.24. The van der Waals surface area contributed by atoms with Gasteiger partial charge in [0.1, 0.15) is 0 Å². The molecule has 22 heavy (non-hydrogen) atoms. The van der Waals surface area contributed by atoms with E-state index in [0.717, 1.165) is 0 Å². The van der Waals surface area contributed by atoms with Crippen LogP contribution in [0.4, 0.5) is 25.2 Å². The summed E-state index contributed by atoms with van der Waals surface area (Å²) in [6.45, 7) is 4.41. The summed E-state index contributed by atoms with van der Waals surface area (Å²) in [4.78, 5) is 0.435. The molecule has 128 valence electrons. The fraction of sp³-hybridized carbons (Fsp3) is 0.286. The first kappa shape index (κ1) is 21.2. The zero-order valence-electron chi connectivity index (χ0n) is 11.9. The molecule has 0 aliphatic heterocycles. The van der Waals surface area contributed by atoms with E-state index in [2.05, 4.69) is 66.3 Å². The molecule has 1 aliphatic rings. The molecule has 1 aromatic carbocycles. The molecule has 0 unspecified atom stereocenters. The Kier molecular flexibility index (Phi) is 6.95. The zero-order valence-corrected chi connectivity index (χ0v) is 13.9. The molecule has 1 aromatic rings. The molecule has 1 aliphatic carbocycles. The Labute approximate surface area is 134 Å². The van der Waals surface area contributed by atoms with Crippen molar-refractivity contribution in [2.75, 3.05) is 0 Å². The maximum absolute atomic E-state index is 10.7. The molecule has 0 amide bonds. The number of benzene rings is 1. The van der Waals surface area contributed by atoms with Crippen molar-refractivity contribution in [3.8, 4) is 0 Å². The van der Waals surface area contributed by atoms with Gasteiger partial charge in [-0.1, -0.05) is 44.2 Å². The molecule has 0 saturated heterocycles. The average Bonchev–Trinajstić information content (AvgIpc) is 2.78. The number of allylic oxidation sites excluding steroid dienone is 4. The molecule has 8 heteroatoms. The standard InChI is InChI=1S/C9H12.C5H5.F6P.Fe/c1-8(2)9-6-4-3-5-7-9;1-2-4-5-3-1;1-7(2,3,4,5)6;/h3-8H,1-2H3;1-5H;;/q;;-1;+1. The van der Waals surface area contributed by atoms with Gasteiger partial charge in [0.15, 0.2) is 0 Å². The van der Waals surface area contributed by atoms with Crippen molar-refractivity contribution in [2.45, 2.75) is 24.6 Å². The third-order valence-corrected chi connectivity index (χ3v) is 2.58. The van der Waals surface area contributed by atoms with Crippen molar-refractivity contribution in [1.82, 2.24) is 0 Å². The second-order valence-corrected chi connectivity index (χ2v) is 7.37. The van der Waals surface area contributed by atoms with E-state index in [1.165, 1.54) is 5.56 Å². The van der Waals surface area contributed by atoms with Gasteiger partial charge in [-0.2, -0.15) is 0 Å². The van der Waals surface area contributed by atoms with Crippen LogP contribution in [0.3, 0.4) is 0 Å². The first-order valence-electron chi connectivity index (χ1n) is 6.24. The van der Waals surface area contributed by atoms with Crippen LogP contribution in [0.1, 0.15) is 25.3 Å². The molecule has 0 fully saturated rings. The van der Waals surface area contributed by atoms with Crippen LogP contribution >= 0.6 is 7.81 Å². The van der Waals surface area contributed by atoms with Crippen LogP contribution in [0.5, 0.6) is 0 Å². The molecule has 0 aromatic heterocycles. The molecular formula is C14H17F6FeP. The van der Waals surface area contributed by atoms with Crippen LogP contribution in [0.25, 0.3) is 0 Å². The van der Waals surface area contributed by atoms with Crippen molar-refractivity contribution in [3.05, 3.63) is 60.2 Å². The fourth-order valence-corrected chi connectivity index (χ4v) is 1.48. The molecule has 0 nitrogen and oxygen atoms in total. The van der Waals surface area contributed by atoms with Crippen LogP contribution in [0, 0.1) is 0 Å². The number of rotatable bonds is 1. The topological polar surface area (TPSA) is 0 Å². The van der Waals surface area contributed by atoms with Gasteiger partial charge >= 0.3 is 78.1 Å². The quantitative estimate of drug-likeness (QED) is 0.264. The summed E-state index contributed by atoms with van der Waals surface area (Å²) in [7, 11) is -10.7. The Hall–Kier alpha value is -0.771.